The van der Waals surface area contributed by atoms with Gasteiger partial charge in [-0.1, -0.05) is 12.6 Å². The first-order valence-electron chi connectivity index (χ1n) is 7.91. The third kappa shape index (κ3) is 2.81. The molecule has 8 heteroatoms. The van der Waals surface area contributed by atoms with Gasteiger partial charge in [-0.15, -0.1) is 15.0 Å². The Morgan fingerprint density at radius 3 is 2.65 bits per heavy atom. The topological polar surface area (TPSA) is 107 Å². The van der Waals surface area contributed by atoms with E-state index in [-0.39, 0.29) is 18.1 Å². The molecule has 1 aliphatic rings. The maximum absolute atomic E-state index is 10.8. The predicted octanol–water partition coefficient (Wildman–Crippen LogP) is 2.43. The maximum Gasteiger partial charge on any atom is 0.330 e. The van der Waals surface area contributed by atoms with Crippen molar-refractivity contribution < 1.29 is 24.5 Å². The van der Waals surface area contributed by atoms with E-state index in [1.807, 2.05) is 18.2 Å². The standard InChI is InChI=1S/C18H15N3O5/c1-10(18(23)24)2-3-11-4-5-12-13(6-11)20-21(19-12)14-7-16-17(8-15(14)22)26-9-25-16/h4-8,22H,1-3,9H2,(H,23,24). The van der Waals surface area contributed by atoms with Gasteiger partial charge < -0.3 is 19.7 Å². The molecule has 2 heterocycles. The Labute approximate surface area is 147 Å². The van der Waals surface area contributed by atoms with Crippen molar-refractivity contribution in [2.24, 2.45) is 0 Å². The third-order valence-electron chi connectivity index (χ3n) is 4.15. The van der Waals surface area contributed by atoms with Crippen molar-refractivity contribution in [1.82, 2.24) is 15.0 Å². The Morgan fingerprint density at radius 1 is 1.15 bits per heavy atom. The number of phenols is 1. The second-order valence-electron chi connectivity index (χ2n) is 5.92. The summed E-state index contributed by atoms with van der Waals surface area (Å²) in [7, 11) is 0. The number of aryl methyl sites for hydroxylation is 1. The van der Waals surface area contributed by atoms with Gasteiger partial charge in [0.05, 0.1) is 0 Å². The van der Waals surface area contributed by atoms with Crippen LogP contribution in [0, 0.1) is 0 Å². The van der Waals surface area contributed by atoms with Gasteiger partial charge in [-0.3, -0.25) is 0 Å². The van der Waals surface area contributed by atoms with E-state index in [1.165, 1.54) is 10.9 Å². The molecule has 1 aromatic heterocycles. The van der Waals surface area contributed by atoms with Crippen LogP contribution in [0.4, 0.5) is 0 Å². The Morgan fingerprint density at radius 2 is 1.88 bits per heavy atom. The normalized spacial score (nSPS) is 12.5. The number of hydrogen-bond donors (Lipinski definition) is 2. The summed E-state index contributed by atoms with van der Waals surface area (Å²) in [6.45, 7) is 3.64. The van der Waals surface area contributed by atoms with Crippen molar-refractivity contribution in [3.63, 3.8) is 0 Å². The molecule has 0 amide bonds. The summed E-state index contributed by atoms with van der Waals surface area (Å²) in [6, 6.07) is 8.61. The number of carboxylic acid groups (broad SMARTS) is 1. The predicted molar refractivity (Wildman–Crippen MR) is 91.7 cm³/mol. The number of carboxylic acids is 1. The smallest absolute Gasteiger partial charge is 0.330 e. The van der Waals surface area contributed by atoms with E-state index in [1.54, 1.807) is 6.07 Å². The van der Waals surface area contributed by atoms with E-state index in [9.17, 15) is 9.90 Å². The number of phenolic OH excluding ortho intramolecular Hbond substituents is 1. The molecule has 132 valence electrons. The van der Waals surface area contributed by atoms with Crippen LogP contribution in [0.2, 0.25) is 0 Å². The van der Waals surface area contributed by atoms with Crippen LogP contribution in [0.5, 0.6) is 17.2 Å². The Bertz CT molecular complexity index is 1040. The molecular weight excluding hydrogens is 338 g/mol. The largest absolute Gasteiger partial charge is 0.505 e. The van der Waals surface area contributed by atoms with Gasteiger partial charge in [0, 0.05) is 17.7 Å². The number of aromatic hydroxyl groups is 1. The number of carbonyl (C=O) groups is 1. The molecule has 26 heavy (non-hydrogen) atoms. The van der Waals surface area contributed by atoms with Crippen molar-refractivity contribution in [1.29, 1.82) is 0 Å². The summed E-state index contributed by atoms with van der Waals surface area (Å²) in [4.78, 5) is 12.2. The number of fused-ring (bicyclic) bond motifs is 2. The zero-order valence-corrected chi connectivity index (χ0v) is 13.7. The number of aromatic nitrogens is 3. The minimum absolute atomic E-state index is 0.0208. The lowest BCUT2D eigenvalue weighted by Gasteiger charge is -2.04. The van der Waals surface area contributed by atoms with E-state index in [0.29, 0.717) is 41.1 Å². The quantitative estimate of drug-likeness (QED) is 0.678. The van der Waals surface area contributed by atoms with E-state index >= 15 is 0 Å². The number of nitrogens with zero attached hydrogens (tertiary/aromatic N) is 3. The minimum Gasteiger partial charge on any atom is -0.505 e. The summed E-state index contributed by atoms with van der Waals surface area (Å²) in [5.41, 5.74) is 2.77. The Kier molecular flexibility index (Phi) is 3.72. The van der Waals surface area contributed by atoms with Gasteiger partial charge in [0.25, 0.3) is 0 Å². The first kappa shape index (κ1) is 15.9. The molecule has 0 atom stereocenters. The highest BCUT2D eigenvalue weighted by molar-refractivity contribution is 5.85. The van der Waals surface area contributed by atoms with Crippen LogP contribution in [0.25, 0.3) is 16.7 Å². The van der Waals surface area contributed by atoms with Gasteiger partial charge in [-0.25, -0.2) is 4.79 Å². The van der Waals surface area contributed by atoms with Crippen LogP contribution in [0.3, 0.4) is 0 Å². The van der Waals surface area contributed by atoms with Gasteiger partial charge >= 0.3 is 5.97 Å². The lowest BCUT2D eigenvalue weighted by atomic mass is 10.1. The number of hydrogen-bond acceptors (Lipinski definition) is 6. The first-order valence-corrected chi connectivity index (χ1v) is 7.91. The molecular formula is C18H15N3O5. The van der Waals surface area contributed by atoms with Crippen LogP contribution in [-0.2, 0) is 11.2 Å². The zero-order chi connectivity index (χ0) is 18.3. The summed E-state index contributed by atoms with van der Waals surface area (Å²) in [5.74, 6) is -0.0150. The number of aliphatic carboxylic acids is 1. The highest BCUT2D eigenvalue weighted by Crippen LogP contribution is 2.39. The Hall–Kier alpha value is -3.55. The monoisotopic (exact) mass is 353 g/mol. The van der Waals surface area contributed by atoms with Crippen molar-refractivity contribution in [3.05, 3.63) is 48.0 Å². The first-order chi connectivity index (χ1) is 12.5. The van der Waals surface area contributed by atoms with Crippen LogP contribution >= 0.6 is 0 Å². The average molecular weight is 353 g/mol. The zero-order valence-electron chi connectivity index (χ0n) is 13.7. The summed E-state index contributed by atoms with van der Waals surface area (Å²) < 4.78 is 10.6. The molecule has 4 rings (SSSR count). The van der Waals surface area contributed by atoms with Crippen LogP contribution in [0.1, 0.15) is 12.0 Å². The summed E-state index contributed by atoms with van der Waals surface area (Å²) >= 11 is 0. The molecule has 0 unspecified atom stereocenters. The molecule has 8 nitrogen and oxygen atoms in total. The van der Waals surface area contributed by atoms with Crippen molar-refractivity contribution in [2.45, 2.75) is 12.8 Å². The Balaban J connectivity index is 1.64. The van der Waals surface area contributed by atoms with Crippen LogP contribution in [0.15, 0.2) is 42.5 Å². The number of ether oxygens (including phenoxy) is 2. The summed E-state index contributed by atoms with van der Waals surface area (Å²) in [6.07, 6.45) is 0.904. The van der Waals surface area contributed by atoms with Crippen molar-refractivity contribution >= 4 is 17.0 Å². The fourth-order valence-electron chi connectivity index (χ4n) is 2.71. The van der Waals surface area contributed by atoms with E-state index in [0.717, 1.165) is 5.56 Å². The second kappa shape index (κ2) is 6.07. The molecule has 1 aliphatic heterocycles. The molecule has 2 N–H and O–H groups in total. The van der Waals surface area contributed by atoms with Gasteiger partial charge in [0.15, 0.2) is 11.5 Å². The van der Waals surface area contributed by atoms with Gasteiger partial charge in [0.2, 0.25) is 6.79 Å². The molecule has 0 saturated carbocycles. The number of rotatable bonds is 5. The fourth-order valence-corrected chi connectivity index (χ4v) is 2.71. The summed E-state index contributed by atoms with van der Waals surface area (Å²) in [5, 5.41) is 27.9. The molecule has 2 aromatic carbocycles. The minimum atomic E-state index is -0.990. The van der Waals surface area contributed by atoms with Gasteiger partial charge in [-0.2, -0.15) is 0 Å². The van der Waals surface area contributed by atoms with Crippen LogP contribution < -0.4 is 9.47 Å². The fraction of sp³-hybridized carbons (Fsp3) is 0.167. The van der Waals surface area contributed by atoms with Crippen LogP contribution in [-0.4, -0.2) is 38.0 Å². The highest BCUT2D eigenvalue weighted by atomic mass is 16.7. The van der Waals surface area contributed by atoms with Crippen molar-refractivity contribution in [3.8, 4) is 22.9 Å². The third-order valence-corrected chi connectivity index (χ3v) is 4.15. The molecule has 0 bridgehead atoms. The molecule has 0 spiro atoms. The highest BCUT2D eigenvalue weighted by Gasteiger charge is 2.19. The van der Waals surface area contributed by atoms with Crippen molar-refractivity contribution in [2.75, 3.05) is 6.79 Å². The van der Waals surface area contributed by atoms with Gasteiger partial charge in [-0.05, 0) is 30.5 Å². The number of benzene rings is 2. The average Bonchev–Trinajstić information content (AvgIpc) is 3.23. The molecule has 3 aromatic rings. The van der Waals surface area contributed by atoms with E-state index < -0.39 is 5.97 Å². The SMILES string of the molecule is C=C(CCc1ccc2nn(-c3cc4c(cc3O)OCO4)nc2c1)C(=O)O. The lowest BCUT2D eigenvalue weighted by Crippen LogP contribution is -2.00. The molecule has 0 aliphatic carbocycles. The molecule has 0 fully saturated rings. The lowest BCUT2D eigenvalue weighted by molar-refractivity contribution is -0.132. The van der Waals surface area contributed by atoms with E-state index in [2.05, 4.69) is 16.8 Å². The van der Waals surface area contributed by atoms with Gasteiger partial charge in [0.1, 0.15) is 22.5 Å². The second-order valence-corrected chi connectivity index (χ2v) is 5.92. The maximum atomic E-state index is 10.8. The molecule has 0 radical (unpaired) electrons. The van der Waals surface area contributed by atoms with E-state index in [4.69, 9.17) is 14.6 Å². The molecule has 0 saturated heterocycles.